The molecule has 0 aromatic heterocycles. The molecule has 0 aliphatic rings. The van der Waals surface area contributed by atoms with Crippen molar-refractivity contribution in [3.8, 4) is 11.5 Å². The van der Waals surface area contributed by atoms with E-state index >= 15 is 0 Å². The van der Waals surface area contributed by atoms with Crippen LogP contribution >= 0.6 is 0 Å². The molecule has 0 radical (unpaired) electrons. The predicted octanol–water partition coefficient (Wildman–Crippen LogP) is 5.48. The Morgan fingerprint density at radius 2 is 1.50 bits per heavy atom. The number of benzene rings is 3. The first kappa shape index (κ1) is 24.8. The van der Waals surface area contributed by atoms with E-state index in [4.69, 9.17) is 9.47 Å². The van der Waals surface area contributed by atoms with Crippen molar-refractivity contribution in [1.29, 1.82) is 0 Å². The maximum Gasteiger partial charge on any atom is 0.342 e. The summed E-state index contributed by atoms with van der Waals surface area (Å²) in [4.78, 5) is 25.8. The molecule has 3 aromatic carbocycles. The number of ether oxygens (including phenoxy) is 2. The zero-order valence-corrected chi connectivity index (χ0v) is 20.1. The van der Waals surface area contributed by atoms with Crippen molar-refractivity contribution in [1.82, 2.24) is 0 Å². The lowest BCUT2D eigenvalue weighted by Gasteiger charge is -2.20. The summed E-state index contributed by atoms with van der Waals surface area (Å²) in [5, 5.41) is 20.2. The van der Waals surface area contributed by atoms with Gasteiger partial charge in [0.1, 0.15) is 29.8 Å². The van der Waals surface area contributed by atoms with E-state index in [0.29, 0.717) is 17.5 Å². The van der Waals surface area contributed by atoms with Gasteiger partial charge in [0, 0.05) is 12.0 Å². The van der Waals surface area contributed by atoms with Crippen LogP contribution in [0.5, 0.6) is 11.5 Å². The quantitative estimate of drug-likeness (QED) is 0.452. The fraction of sp³-hybridized carbons (Fsp3) is 0.286. The topological polar surface area (TPSA) is 93.1 Å². The molecule has 0 bridgehead atoms. The highest BCUT2D eigenvalue weighted by atomic mass is 16.5. The Balaban J connectivity index is 1.80. The molecule has 0 amide bonds. The summed E-state index contributed by atoms with van der Waals surface area (Å²) < 4.78 is 11.2. The van der Waals surface area contributed by atoms with Gasteiger partial charge in [0.25, 0.3) is 0 Å². The van der Waals surface area contributed by atoms with Crippen molar-refractivity contribution >= 4 is 11.9 Å². The van der Waals surface area contributed by atoms with Gasteiger partial charge in [-0.15, -0.1) is 0 Å². The average molecular weight is 463 g/mol. The third-order valence-electron chi connectivity index (χ3n) is 5.90. The van der Waals surface area contributed by atoms with Gasteiger partial charge in [0.05, 0.1) is 5.56 Å². The average Bonchev–Trinajstić information content (AvgIpc) is 2.79. The number of esters is 2. The molecule has 0 fully saturated rings. The highest BCUT2D eigenvalue weighted by molar-refractivity contribution is 5.95. The van der Waals surface area contributed by atoms with E-state index in [2.05, 4.69) is 0 Å². The number of carbonyl (C=O) groups is 2. The zero-order chi connectivity index (χ0) is 25.0. The van der Waals surface area contributed by atoms with Crippen LogP contribution in [0.15, 0.2) is 48.5 Å². The molecule has 0 heterocycles. The van der Waals surface area contributed by atoms with Gasteiger partial charge >= 0.3 is 11.9 Å². The molecule has 1 atom stereocenters. The zero-order valence-electron chi connectivity index (χ0n) is 20.1. The van der Waals surface area contributed by atoms with Crippen molar-refractivity contribution in [2.45, 2.75) is 53.8 Å². The van der Waals surface area contributed by atoms with E-state index in [1.54, 1.807) is 13.8 Å². The van der Waals surface area contributed by atoms with Crippen molar-refractivity contribution in [2.24, 2.45) is 0 Å². The smallest absolute Gasteiger partial charge is 0.342 e. The lowest BCUT2D eigenvalue weighted by molar-refractivity contribution is 0.0337. The van der Waals surface area contributed by atoms with Crippen LogP contribution in [-0.4, -0.2) is 28.3 Å². The molecule has 6 nitrogen and oxygen atoms in total. The van der Waals surface area contributed by atoms with Gasteiger partial charge in [-0.3, -0.25) is 0 Å². The van der Waals surface area contributed by atoms with Crippen LogP contribution in [0.1, 0.15) is 61.0 Å². The van der Waals surface area contributed by atoms with Crippen LogP contribution < -0.4 is 0 Å². The number of aromatic hydroxyl groups is 2. The van der Waals surface area contributed by atoms with Gasteiger partial charge in [-0.25, -0.2) is 9.59 Å². The third-order valence-corrected chi connectivity index (χ3v) is 5.90. The molecule has 0 spiro atoms. The Kier molecular flexibility index (Phi) is 7.61. The summed E-state index contributed by atoms with van der Waals surface area (Å²) in [6.07, 6.45) is -0.284. The molecule has 2 N–H and O–H groups in total. The minimum atomic E-state index is -0.691. The van der Waals surface area contributed by atoms with E-state index in [9.17, 15) is 19.8 Å². The van der Waals surface area contributed by atoms with Gasteiger partial charge < -0.3 is 19.7 Å². The second-order valence-corrected chi connectivity index (χ2v) is 8.60. The van der Waals surface area contributed by atoms with Crippen molar-refractivity contribution in [3.05, 3.63) is 93.0 Å². The maximum absolute atomic E-state index is 13.0. The van der Waals surface area contributed by atoms with E-state index < -0.39 is 18.0 Å². The first-order valence-corrected chi connectivity index (χ1v) is 11.1. The minimum absolute atomic E-state index is 0.0191. The van der Waals surface area contributed by atoms with Crippen LogP contribution in [0, 0.1) is 27.7 Å². The molecule has 0 aliphatic heterocycles. The van der Waals surface area contributed by atoms with Crippen LogP contribution in [-0.2, 0) is 22.5 Å². The second-order valence-electron chi connectivity index (χ2n) is 8.60. The predicted molar refractivity (Wildman–Crippen MR) is 129 cm³/mol. The number of hydrogen-bond acceptors (Lipinski definition) is 6. The highest BCUT2D eigenvalue weighted by Gasteiger charge is 2.24. The number of carbonyl (C=O) groups excluding carboxylic acids is 2. The first-order valence-electron chi connectivity index (χ1n) is 11.1. The van der Waals surface area contributed by atoms with Crippen LogP contribution in [0.3, 0.4) is 0 Å². The molecule has 3 aromatic rings. The summed E-state index contributed by atoms with van der Waals surface area (Å²) in [5.74, 6) is -1.51. The van der Waals surface area contributed by atoms with Gasteiger partial charge in [0.15, 0.2) is 0 Å². The minimum Gasteiger partial charge on any atom is -0.508 e. The van der Waals surface area contributed by atoms with E-state index in [1.807, 2.05) is 56.3 Å². The lowest BCUT2D eigenvalue weighted by atomic mass is 9.93. The van der Waals surface area contributed by atoms with E-state index in [-0.39, 0.29) is 29.2 Å². The van der Waals surface area contributed by atoms with Crippen LogP contribution in [0.25, 0.3) is 0 Å². The second kappa shape index (κ2) is 10.4. The number of phenols is 2. The molecule has 0 saturated heterocycles. The standard InChI is InChI=1S/C28H30O6/c1-16-11-12-17(2)24(27(31)33-15-21-9-7-6-8-10-21)22(16)14-19(4)34-28(32)25-18(3)13-23(29)20(5)26(25)30/h6-13,19,29-30H,14-15H2,1-5H3. The SMILES string of the molecule is Cc1ccc(C)c(C(=O)OCc2ccccc2)c1CC(C)OC(=O)c1c(C)cc(O)c(C)c1O. The number of hydrogen-bond donors (Lipinski definition) is 2. The Morgan fingerprint density at radius 1 is 0.853 bits per heavy atom. The van der Waals surface area contributed by atoms with Gasteiger partial charge in [-0.1, -0.05) is 42.5 Å². The van der Waals surface area contributed by atoms with E-state index in [1.165, 1.54) is 13.0 Å². The molecule has 1 unspecified atom stereocenters. The van der Waals surface area contributed by atoms with E-state index in [0.717, 1.165) is 22.3 Å². The monoisotopic (exact) mass is 462 g/mol. The van der Waals surface area contributed by atoms with Gasteiger partial charge in [-0.2, -0.15) is 0 Å². The molecule has 6 heteroatoms. The van der Waals surface area contributed by atoms with Gasteiger partial charge in [0.2, 0.25) is 0 Å². The first-order chi connectivity index (χ1) is 16.1. The van der Waals surface area contributed by atoms with Crippen molar-refractivity contribution in [3.63, 3.8) is 0 Å². The summed E-state index contributed by atoms with van der Waals surface area (Å²) in [6, 6.07) is 14.7. The molecular weight excluding hydrogens is 432 g/mol. The Hall–Kier alpha value is -3.80. The fourth-order valence-electron chi connectivity index (χ4n) is 3.92. The number of rotatable bonds is 7. The maximum atomic E-state index is 13.0. The van der Waals surface area contributed by atoms with Gasteiger partial charge in [-0.05, 0) is 68.5 Å². The Bertz CT molecular complexity index is 1210. The summed E-state index contributed by atoms with van der Waals surface area (Å²) in [6.45, 7) is 8.78. The summed E-state index contributed by atoms with van der Waals surface area (Å²) in [5.41, 5.74) is 4.42. The fourth-order valence-corrected chi connectivity index (χ4v) is 3.92. The van der Waals surface area contributed by atoms with Crippen molar-refractivity contribution < 1.29 is 29.3 Å². The third kappa shape index (κ3) is 5.39. The van der Waals surface area contributed by atoms with Crippen LogP contribution in [0.4, 0.5) is 0 Å². The molecular formula is C28H30O6. The molecule has 34 heavy (non-hydrogen) atoms. The number of aryl methyl sites for hydroxylation is 3. The largest absolute Gasteiger partial charge is 0.508 e. The summed E-state index contributed by atoms with van der Waals surface area (Å²) >= 11 is 0. The lowest BCUT2D eigenvalue weighted by Crippen LogP contribution is -2.21. The molecule has 0 saturated carbocycles. The Morgan fingerprint density at radius 3 is 2.18 bits per heavy atom. The molecule has 3 rings (SSSR count). The van der Waals surface area contributed by atoms with Crippen molar-refractivity contribution in [2.75, 3.05) is 0 Å². The summed E-state index contributed by atoms with van der Waals surface area (Å²) in [7, 11) is 0. The van der Waals surface area contributed by atoms with Crippen LogP contribution in [0.2, 0.25) is 0 Å². The normalized spacial score (nSPS) is 11.7. The molecule has 0 aliphatic carbocycles. The Labute approximate surface area is 199 Å². The molecule has 178 valence electrons. The number of phenolic OH excluding ortho intramolecular Hbond substituents is 2. The highest BCUT2D eigenvalue weighted by Crippen LogP contribution is 2.33.